The summed E-state index contributed by atoms with van der Waals surface area (Å²) in [5, 5.41) is 10.5. The van der Waals surface area contributed by atoms with Crippen molar-refractivity contribution in [1.29, 1.82) is 0 Å². The molecule has 0 bridgehead atoms. The topological polar surface area (TPSA) is 73.3 Å². The Morgan fingerprint density at radius 2 is 1.64 bits per heavy atom. The second-order valence-electron chi connectivity index (χ2n) is 12.5. The molecule has 4 rings (SSSR count). The third kappa shape index (κ3) is 8.51. The van der Waals surface area contributed by atoms with E-state index in [1.165, 1.54) is 55.3 Å². The zero-order valence-corrected chi connectivity index (χ0v) is 27.9. The van der Waals surface area contributed by atoms with Crippen LogP contribution < -0.4 is 0 Å². The summed E-state index contributed by atoms with van der Waals surface area (Å²) in [5.74, 6) is -0.541. The van der Waals surface area contributed by atoms with Crippen LogP contribution >= 0.6 is 0 Å². The van der Waals surface area contributed by atoms with Gasteiger partial charge in [-0.25, -0.2) is 14.0 Å². The van der Waals surface area contributed by atoms with Crippen molar-refractivity contribution in [2.24, 2.45) is 0 Å². The number of carboxylic acid groups (broad SMARTS) is 1. The lowest BCUT2D eigenvalue weighted by Gasteiger charge is -2.52. The van der Waals surface area contributed by atoms with Crippen LogP contribution in [-0.4, -0.2) is 58.2 Å². The Morgan fingerprint density at radius 1 is 1.02 bits per heavy atom. The van der Waals surface area contributed by atoms with Crippen LogP contribution in [0.3, 0.4) is 0 Å². The van der Waals surface area contributed by atoms with E-state index in [1.54, 1.807) is 43.3 Å². The second kappa shape index (κ2) is 15.0. The molecule has 270 valence electrons. The minimum absolute atomic E-state index is 0.00802. The van der Waals surface area contributed by atoms with Crippen LogP contribution in [0.15, 0.2) is 79.1 Å². The molecule has 0 spiro atoms. The maximum Gasteiger partial charge on any atom is 0.416 e. The van der Waals surface area contributed by atoms with Gasteiger partial charge in [0, 0.05) is 20.1 Å². The number of carbonyl (C=O) groups excluding carboxylic acids is 1. The van der Waals surface area contributed by atoms with Crippen molar-refractivity contribution in [3.05, 3.63) is 118 Å². The van der Waals surface area contributed by atoms with Crippen LogP contribution in [0.5, 0.6) is 0 Å². The van der Waals surface area contributed by atoms with E-state index in [1.807, 2.05) is 0 Å². The van der Waals surface area contributed by atoms with Gasteiger partial charge in [0.05, 0.1) is 42.1 Å². The first-order valence-electron chi connectivity index (χ1n) is 15.7. The highest BCUT2D eigenvalue weighted by Crippen LogP contribution is 2.45. The Balaban J connectivity index is 1.79. The van der Waals surface area contributed by atoms with Gasteiger partial charge in [0.25, 0.3) is 0 Å². The number of hydrogen-bond acceptors (Lipinski definition) is 3. The van der Waals surface area contributed by atoms with E-state index in [9.17, 15) is 45.4 Å². The molecule has 3 atom stereocenters. The Kier molecular flexibility index (Phi) is 11.4. The first kappa shape index (κ1) is 38.1. The maximum absolute atomic E-state index is 14.3. The van der Waals surface area contributed by atoms with Gasteiger partial charge >= 0.3 is 24.5 Å². The van der Waals surface area contributed by atoms with Crippen molar-refractivity contribution in [3.8, 4) is 0 Å². The molecule has 0 saturated carbocycles. The molecule has 0 unspecified atom stereocenters. The number of methoxy groups -OCH3 is 1. The van der Waals surface area contributed by atoms with Gasteiger partial charge in [-0.1, -0.05) is 36.4 Å². The third-order valence-electron chi connectivity index (χ3n) is 9.30. The average Bonchev–Trinajstić information content (AvgIpc) is 3.05. The molecule has 0 radical (unpaired) electrons. The van der Waals surface area contributed by atoms with E-state index in [4.69, 9.17) is 4.74 Å². The minimum Gasteiger partial charge on any atom is -0.505 e. The smallest absolute Gasteiger partial charge is 0.416 e. The van der Waals surface area contributed by atoms with E-state index >= 15 is 0 Å². The number of hydrogen-bond donors (Lipinski definition) is 1. The molecule has 0 aliphatic carbocycles. The van der Waals surface area contributed by atoms with Crippen LogP contribution in [0.1, 0.15) is 71.7 Å². The maximum atomic E-state index is 14.3. The molecule has 3 aromatic carbocycles. The molecular formula is C36H38F7N3O4. The molecule has 14 heteroatoms. The van der Waals surface area contributed by atoms with Gasteiger partial charge in [0.2, 0.25) is 0 Å². The number of benzene rings is 3. The first-order valence-corrected chi connectivity index (χ1v) is 15.7. The fraction of sp³-hybridized carbons (Fsp3) is 0.389. The number of amides is 3. The molecule has 1 aliphatic rings. The number of halogens is 7. The zero-order valence-electron chi connectivity index (χ0n) is 27.9. The van der Waals surface area contributed by atoms with Gasteiger partial charge in [-0.15, -0.1) is 0 Å². The number of carbonyl (C=O) groups is 2. The molecule has 3 amide bonds. The molecule has 1 aliphatic heterocycles. The summed E-state index contributed by atoms with van der Waals surface area (Å²) >= 11 is 0. The summed E-state index contributed by atoms with van der Waals surface area (Å²) < 4.78 is 101. The third-order valence-corrected chi connectivity index (χ3v) is 9.30. The summed E-state index contributed by atoms with van der Waals surface area (Å²) in [7, 11) is 2.71. The SMILES string of the molecule is CO/C=C\C[C@]1(N(Cc2ccccc2)C(=O)O)CCN(C(=O)N(C)[C@H](C)c2cc(C(F)(F)F)cc(C(F)(F)F)c2)[C@@H](c2ccc(F)cc2C)C1. The Labute approximate surface area is 285 Å². The first-order chi connectivity index (χ1) is 23.4. The van der Waals surface area contributed by atoms with Crippen LogP contribution in [0.25, 0.3) is 0 Å². The van der Waals surface area contributed by atoms with Gasteiger partial charge in [-0.2, -0.15) is 26.3 Å². The summed E-state index contributed by atoms with van der Waals surface area (Å²) in [6, 6.07) is 11.2. The van der Waals surface area contributed by atoms with Gasteiger partial charge < -0.3 is 19.6 Å². The van der Waals surface area contributed by atoms with Crippen LogP contribution in [0, 0.1) is 12.7 Å². The fourth-order valence-corrected chi connectivity index (χ4v) is 6.50. The van der Waals surface area contributed by atoms with Crippen molar-refractivity contribution < 1.29 is 50.2 Å². The molecule has 0 aromatic heterocycles. The fourth-order valence-electron chi connectivity index (χ4n) is 6.50. The highest BCUT2D eigenvalue weighted by Gasteiger charge is 2.48. The van der Waals surface area contributed by atoms with Crippen molar-refractivity contribution in [3.63, 3.8) is 0 Å². The lowest BCUT2D eigenvalue weighted by atomic mass is 9.76. The number of piperidine rings is 1. The van der Waals surface area contributed by atoms with E-state index in [0.29, 0.717) is 28.8 Å². The Hall–Kier alpha value is -4.75. The van der Waals surface area contributed by atoms with Crippen LogP contribution in [0.2, 0.25) is 0 Å². The normalized spacial score (nSPS) is 18.9. The lowest BCUT2D eigenvalue weighted by Crippen LogP contribution is -2.59. The van der Waals surface area contributed by atoms with Crippen molar-refractivity contribution in [1.82, 2.24) is 14.7 Å². The second-order valence-corrected chi connectivity index (χ2v) is 12.5. The molecule has 1 fully saturated rings. The van der Waals surface area contributed by atoms with Crippen molar-refractivity contribution >= 4 is 12.1 Å². The Morgan fingerprint density at radius 3 is 2.18 bits per heavy atom. The molecule has 7 nitrogen and oxygen atoms in total. The number of nitrogens with zero attached hydrogens (tertiary/aromatic N) is 3. The molecule has 50 heavy (non-hydrogen) atoms. The van der Waals surface area contributed by atoms with Gasteiger partial charge in [-0.05, 0) is 91.8 Å². The molecule has 1 saturated heterocycles. The predicted octanol–water partition coefficient (Wildman–Crippen LogP) is 9.59. The minimum atomic E-state index is -5.08. The Bertz CT molecular complexity index is 1660. The quantitative estimate of drug-likeness (QED) is 0.178. The van der Waals surface area contributed by atoms with Gasteiger partial charge in [0.1, 0.15) is 5.82 Å². The highest BCUT2D eigenvalue weighted by atomic mass is 19.4. The van der Waals surface area contributed by atoms with E-state index in [-0.39, 0.29) is 44.0 Å². The number of alkyl halides is 6. The summed E-state index contributed by atoms with van der Waals surface area (Å²) in [6.07, 6.45) is -7.96. The lowest BCUT2D eigenvalue weighted by molar-refractivity contribution is -0.143. The average molecular weight is 710 g/mol. The zero-order chi connectivity index (χ0) is 37.0. The van der Waals surface area contributed by atoms with Crippen LogP contribution in [-0.2, 0) is 23.6 Å². The summed E-state index contributed by atoms with van der Waals surface area (Å²) in [6.45, 7) is 2.91. The van der Waals surface area contributed by atoms with Gasteiger partial charge in [-0.3, -0.25) is 4.90 Å². The number of likely N-dealkylation sites (tertiary alicyclic amines) is 1. The molecular weight excluding hydrogens is 671 g/mol. The molecule has 1 heterocycles. The van der Waals surface area contributed by atoms with E-state index in [0.717, 1.165) is 4.90 Å². The van der Waals surface area contributed by atoms with E-state index < -0.39 is 59.0 Å². The number of ether oxygens (including phenoxy) is 1. The van der Waals surface area contributed by atoms with Crippen molar-refractivity contribution in [2.75, 3.05) is 20.7 Å². The number of aryl methyl sites for hydroxylation is 1. The van der Waals surface area contributed by atoms with Gasteiger partial charge in [0.15, 0.2) is 0 Å². The largest absolute Gasteiger partial charge is 0.505 e. The van der Waals surface area contributed by atoms with Crippen molar-refractivity contribution in [2.45, 2.75) is 69.6 Å². The summed E-state index contributed by atoms with van der Waals surface area (Å²) in [4.78, 5) is 31.0. The number of rotatable bonds is 9. The van der Waals surface area contributed by atoms with Crippen LogP contribution in [0.4, 0.5) is 40.3 Å². The number of urea groups is 1. The molecule has 3 aromatic rings. The predicted molar refractivity (Wildman–Crippen MR) is 171 cm³/mol. The standard InChI is InChI=1S/C36H38F7N3O4/c1-23-17-29(37)11-12-30(23)31-21-34(13-8-16-50-4,46(33(48)49)22-25-9-6-5-7-10-25)14-15-45(31)32(47)44(3)24(2)26-18-27(35(38,39)40)20-28(19-26)36(41,42)43/h5-12,16-20,24,31H,13-15,21-22H2,1-4H3,(H,48,49)/b16-8-/t24-,31-,34+/m1/s1. The monoisotopic (exact) mass is 709 g/mol. The molecule has 1 N–H and O–H groups in total. The summed E-state index contributed by atoms with van der Waals surface area (Å²) in [5.41, 5.74) is -2.83. The highest BCUT2D eigenvalue weighted by molar-refractivity contribution is 5.76. The van der Waals surface area contributed by atoms with E-state index in [2.05, 4.69) is 0 Å².